The van der Waals surface area contributed by atoms with Gasteiger partial charge in [0.05, 0.1) is 0 Å². The Labute approximate surface area is 332 Å². The van der Waals surface area contributed by atoms with Crippen molar-refractivity contribution in [3.05, 3.63) is 65.2 Å². The van der Waals surface area contributed by atoms with Gasteiger partial charge in [0.15, 0.2) is 5.41 Å². The summed E-state index contributed by atoms with van der Waals surface area (Å²) in [5.74, 6) is 2.36. The van der Waals surface area contributed by atoms with Gasteiger partial charge < -0.3 is 14.6 Å². The normalized spacial score (nSPS) is 25.5. The Kier molecular flexibility index (Phi) is 15.0. The molecule has 13 heteroatoms. The summed E-state index contributed by atoms with van der Waals surface area (Å²) in [7, 11) is 0. The van der Waals surface area contributed by atoms with E-state index in [0.717, 1.165) is 38.4 Å². The molecule has 4 aliphatic carbocycles. The number of carbonyl (C=O) groups is 1. The Balaban J connectivity index is 0.000000234. The van der Waals surface area contributed by atoms with Gasteiger partial charge in [-0.25, -0.2) is 0 Å². The highest BCUT2D eigenvalue weighted by Crippen LogP contribution is 2.60. The van der Waals surface area contributed by atoms with E-state index < -0.39 is 46.7 Å². The van der Waals surface area contributed by atoms with E-state index in [4.69, 9.17) is 9.47 Å². The molecule has 0 saturated heterocycles. The fraction of sp³-hybridized carbons (Fsp3) is 0.705. The summed E-state index contributed by atoms with van der Waals surface area (Å²) in [5.41, 5.74) is -7.30. The smallest absolute Gasteiger partial charge is 0.430 e. The molecule has 0 spiro atoms. The first-order valence-corrected chi connectivity index (χ1v) is 20.0. The van der Waals surface area contributed by atoms with E-state index in [2.05, 4.69) is 58.9 Å². The van der Waals surface area contributed by atoms with Gasteiger partial charge in [-0.2, -0.15) is 39.5 Å². The molecule has 4 fully saturated rings. The number of benzene rings is 2. The summed E-state index contributed by atoms with van der Waals surface area (Å²) in [6, 6.07) is 12.1. The van der Waals surface area contributed by atoms with Crippen LogP contribution in [0.1, 0.15) is 149 Å². The molecular formula is C44H61F9O4. The van der Waals surface area contributed by atoms with Gasteiger partial charge in [0.25, 0.3) is 5.60 Å². The molecule has 4 saturated carbocycles. The number of hydrogen-bond acceptors (Lipinski definition) is 4. The lowest BCUT2D eigenvalue weighted by molar-refractivity contribution is -0.376. The zero-order valence-electron chi connectivity index (χ0n) is 34.8. The molecule has 1 N–H and O–H groups in total. The highest BCUT2D eigenvalue weighted by Gasteiger charge is 2.71. The largest absolute Gasteiger partial charge is 0.488 e. The minimum absolute atomic E-state index is 0.00826. The van der Waals surface area contributed by atoms with Gasteiger partial charge in [0, 0.05) is 5.56 Å². The highest BCUT2D eigenvalue weighted by atomic mass is 19.4. The summed E-state index contributed by atoms with van der Waals surface area (Å²) < 4.78 is 127. The van der Waals surface area contributed by atoms with Crippen molar-refractivity contribution in [1.82, 2.24) is 0 Å². The molecule has 0 aliphatic heterocycles. The molecule has 2 aromatic rings. The average Bonchev–Trinajstić information content (AvgIpc) is 3.11. The molecule has 3 atom stereocenters. The van der Waals surface area contributed by atoms with Crippen LogP contribution >= 0.6 is 0 Å². The lowest BCUT2D eigenvalue weighted by atomic mass is 9.50. The Bertz CT molecular complexity index is 1550. The predicted octanol–water partition coefficient (Wildman–Crippen LogP) is 13.6. The number of aliphatic hydroxyl groups is 1. The summed E-state index contributed by atoms with van der Waals surface area (Å²) in [6.07, 6.45) is -9.39. The summed E-state index contributed by atoms with van der Waals surface area (Å²) in [4.78, 5) is 12.4. The molecule has 0 heterocycles. The van der Waals surface area contributed by atoms with Crippen LogP contribution in [0.15, 0.2) is 48.5 Å². The minimum atomic E-state index is -5.84. The second-order valence-corrected chi connectivity index (χ2v) is 17.8. The molecule has 4 nitrogen and oxygen atoms in total. The van der Waals surface area contributed by atoms with E-state index in [0.29, 0.717) is 41.9 Å². The number of esters is 1. The molecule has 2 aromatic carbocycles. The van der Waals surface area contributed by atoms with E-state index in [1.165, 1.54) is 37.5 Å². The minimum Gasteiger partial charge on any atom is -0.488 e. The van der Waals surface area contributed by atoms with Crippen LogP contribution in [0.5, 0.6) is 5.75 Å². The molecule has 324 valence electrons. The second kappa shape index (κ2) is 17.7. The van der Waals surface area contributed by atoms with Crippen molar-refractivity contribution in [1.29, 1.82) is 0 Å². The lowest BCUT2D eigenvalue weighted by Gasteiger charge is -2.59. The Hall–Kier alpha value is -2.96. The van der Waals surface area contributed by atoms with Gasteiger partial charge in [-0.1, -0.05) is 71.0 Å². The van der Waals surface area contributed by atoms with E-state index >= 15 is 0 Å². The SMILES string of the molecule is CCC(C)(C(=O)OC1(C)C2CC3CC(C2)CC1C3)C(F)(F)F.CCC(C)c1ccc(C(O)(C(F)(F)F)C(F)(F)F)cc1.CCC(C)c1ccc(OC(C)(C)C)cc1. The first kappa shape index (κ1) is 48.4. The summed E-state index contributed by atoms with van der Waals surface area (Å²) in [5, 5.41) is 9.19. The maximum absolute atomic E-state index is 13.3. The number of rotatable bonds is 9. The van der Waals surface area contributed by atoms with Gasteiger partial charge >= 0.3 is 24.5 Å². The number of halogens is 9. The predicted molar refractivity (Wildman–Crippen MR) is 203 cm³/mol. The van der Waals surface area contributed by atoms with Gasteiger partial charge in [-0.05, 0) is 145 Å². The van der Waals surface area contributed by atoms with Gasteiger partial charge in [0.1, 0.15) is 17.0 Å². The van der Waals surface area contributed by atoms with Crippen LogP contribution in [-0.4, -0.2) is 40.8 Å². The number of hydrogen-bond donors (Lipinski definition) is 1. The van der Waals surface area contributed by atoms with Crippen LogP contribution in [0.2, 0.25) is 0 Å². The third-order valence-corrected chi connectivity index (χ3v) is 12.7. The lowest BCUT2D eigenvalue weighted by Crippen LogP contribution is -2.59. The molecule has 0 amide bonds. The Morgan fingerprint density at radius 1 is 0.684 bits per heavy atom. The topological polar surface area (TPSA) is 55.8 Å². The van der Waals surface area contributed by atoms with Crippen molar-refractivity contribution in [2.24, 2.45) is 29.1 Å². The molecule has 0 radical (unpaired) electrons. The van der Waals surface area contributed by atoms with Crippen molar-refractivity contribution < 1.29 is 58.9 Å². The van der Waals surface area contributed by atoms with Crippen LogP contribution < -0.4 is 4.74 Å². The average molecular weight is 825 g/mol. The van der Waals surface area contributed by atoms with Crippen molar-refractivity contribution in [2.45, 2.75) is 168 Å². The molecule has 4 bridgehead atoms. The van der Waals surface area contributed by atoms with Crippen molar-refractivity contribution in [2.75, 3.05) is 0 Å². The second-order valence-electron chi connectivity index (χ2n) is 17.8. The summed E-state index contributed by atoms with van der Waals surface area (Å²) >= 11 is 0. The number of carbonyl (C=O) groups excluding carboxylic acids is 1. The molecule has 57 heavy (non-hydrogen) atoms. The first-order chi connectivity index (χ1) is 26.0. The molecule has 0 aromatic heterocycles. The number of ether oxygens (including phenoxy) is 2. The highest BCUT2D eigenvalue weighted by molar-refractivity contribution is 5.78. The standard InChI is InChI=1S/C17H25F3O2.C14H22O.C13H14F6O/c1-4-15(2,17(18,19)20)14(21)22-16(3)12-6-10-5-11(8-12)9-13(16)7-10;1-6-11(2)12-7-9-13(10-8-12)15-14(3,4)5;1-3-8(2)9-4-6-10(7-5-9)11(20,12(14,15)16)13(17,18)19/h10-13H,4-9H2,1-3H3;7-11H,6H2,1-5H3;4-8,20H,3H2,1-2H3. The van der Waals surface area contributed by atoms with Crippen LogP contribution in [0.4, 0.5) is 39.5 Å². The van der Waals surface area contributed by atoms with E-state index in [-0.39, 0.29) is 29.8 Å². The zero-order valence-corrected chi connectivity index (χ0v) is 34.8. The fourth-order valence-electron chi connectivity index (χ4n) is 8.29. The Morgan fingerprint density at radius 3 is 1.39 bits per heavy atom. The Morgan fingerprint density at radius 2 is 1.07 bits per heavy atom. The zero-order chi connectivity index (χ0) is 43.6. The van der Waals surface area contributed by atoms with Crippen LogP contribution in [0, 0.1) is 29.1 Å². The van der Waals surface area contributed by atoms with E-state index in [1.54, 1.807) is 6.92 Å². The van der Waals surface area contributed by atoms with Crippen molar-refractivity contribution >= 4 is 5.97 Å². The third kappa shape index (κ3) is 10.8. The fourth-order valence-corrected chi connectivity index (χ4v) is 8.29. The monoisotopic (exact) mass is 824 g/mol. The number of alkyl halides is 9. The molecular weight excluding hydrogens is 763 g/mol. The van der Waals surface area contributed by atoms with Gasteiger partial charge in [-0.15, -0.1) is 0 Å². The van der Waals surface area contributed by atoms with Crippen molar-refractivity contribution in [3.63, 3.8) is 0 Å². The maximum Gasteiger partial charge on any atom is 0.430 e. The quantitative estimate of drug-likeness (QED) is 0.202. The summed E-state index contributed by atoms with van der Waals surface area (Å²) in [6.45, 7) is 18.5. The van der Waals surface area contributed by atoms with Crippen LogP contribution in [-0.2, 0) is 15.1 Å². The van der Waals surface area contributed by atoms with Gasteiger partial charge in [-0.3, -0.25) is 4.79 Å². The van der Waals surface area contributed by atoms with Crippen LogP contribution in [0.3, 0.4) is 0 Å². The van der Waals surface area contributed by atoms with Crippen molar-refractivity contribution in [3.8, 4) is 5.75 Å². The first-order valence-electron chi connectivity index (χ1n) is 20.0. The molecule has 4 aliphatic rings. The maximum atomic E-state index is 13.3. The van der Waals surface area contributed by atoms with E-state index in [1.807, 2.05) is 13.8 Å². The van der Waals surface area contributed by atoms with Gasteiger partial charge in [0.2, 0.25) is 0 Å². The molecule has 3 unspecified atom stereocenters. The third-order valence-electron chi connectivity index (χ3n) is 12.7. The molecule has 6 rings (SSSR count). The van der Waals surface area contributed by atoms with E-state index in [9.17, 15) is 49.4 Å². The van der Waals surface area contributed by atoms with Crippen LogP contribution in [0.25, 0.3) is 0 Å².